The predicted molar refractivity (Wildman–Crippen MR) is 101 cm³/mol. The Bertz CT molecular complexity index is 870. The van der Waals surface area contributed by atoms with E-state index >= 15 is 0 Å². The molecule has 2 aromatic carbocycles. The van der Waals surface area contributed by atoms with Crippen LogP contribution in [-0.2, 0) is 17.8 Å². The molecule has 0 spiro atoms. The molecular formula is C20H21NO3S. The number of carbonyl (C=O) groups excluding carboxylic acids is 1. The standard InChI is InChI=1S/C20H21NO3S/c1-21(12-14-4-7-17(25-3)8-5-14)20(22)10-15-13-24-19-11-16(23-2)6-9-18(15)19/h4-9,11,13H,10,12H2,1-3H3. The van der Waals surface area contributed by atoms with Crippen molar-refractivity contribution in [1.82, 2.24) is 4.90 Å². The summed E-state index contributed by atoms with van der Waals surface area (Å²) in [6.07, 6.45) is 4.03. The Balaban J connectivity index is 1.68. The first-order chi connectivity index (χ1) is 12.1. The third-order valence-corrected chi connectivity index (χ3v) is 4.95. The van der Waals surface area contributed by atoms with Gasteiger partial charge in [-0.25, -0.2) is 0 Å². The lowest BCUT2D eigenvalue weighted by Gasteiger charge is -2.17. The van der Waals surface area contributed by atoms with Gasteiger partial charge >= 0.3 is 0 Å². The van der Waals surface area contributed by atoms with Gasteiger partial charge in [-0.2, -0.15) is 0 Å². The Morgan fingerprint density at radius 2 is 1.96 bits per heavy atom. The maximum Gasteiger partial charge on any atom is 0.227 e. The van der Waals surface area contributed by atoms with E-state index in [-0.39, 0.29) is 5.91 Å². The molecule has 3 aromatic rings. The molecule has 1 aromatic heterocycles. The van der Waals surface area contributed by atoms with E-state index in [0.29, 0.717) is 13.0 Å². The first-order valence-electron chi connectivity index (χ1n) is 8.01. The van der Waals surface area contributed by atoms with Crippen molar-refractivity contribution >= 4 is 28.6 Å². The first-order valence-corrected chi connectivity index (χ1v) is 9.24. The molecule has 130 valence electrons. The van der Waals surface area contributed by atoms with Gasteiger partial charge in [-0.3, -0.25) is 4.79 Å². The molecule has 0 unspecified atom stereocenters. The summed E-state index contributed by atoms with van der Waals surface area (Å²) in [6.45, 7) is 0.594. The summed E-state index contributed by atoms with van der Waals surface area (Å²) in [4.78, 5) is 15.5. The van der Waals surface area contributed by atoms with Crippen LogP contribution in [-0.4, -0.2) is 31.2 Å². The molecule has 0 aliphatic rings. The van der Waals surface area contributed by atoms with Crippen molar-refractivity contribution in [2.45, 2.75) is 17.9 Å². The quantitative estimate of drug-likeness (QED) is 0.616. The number of ether oxygens (including phenoxy) is 1. The number of hydrogen-bond donors (Lipinski definition) is 0. The Hall–Kier alpha value is -2.40. The molecule has 25 heavy (non-hydrogen) atoms. The summed E-state index contributed by atoms with van der Waals surface area (Å²) < 4.78 is 10.8. The van der Waals surface area contributed by atoms with Gasteiger partial charge in [-0.1, -0.05) is 12.1 Å². The molecule has 0 aliphatic carbocycles. The summed E-state index contributed by atoms with van der Waals surface area (Å²) in [5, 5.41) is 0.951. The van der Waals surface area contributed by atoms with Gasteiger partial charge in [0.25, 0.3) is 0 Å². The van der Waals surface area contributed by atoms with Crippen LogP contribution in [0.4, 0.5) is 0 Å². The number of hydrogen-bond acceptors (Lipinski definition) is 4. The van der Waals surface area contributed by atoms with E-state index in [9.17, 15) is 4.79 Å². The first kappa shape index (κ1) is 17.4. The van der Waals surface area contributed by atoms with Gasteiger partial charge in [0.15, 0.2) is 0 Å². The highest BCUT2D eigenvalue weighted by atomic mass is 32.2. The maximum atomic E-state index is 12.6. The summed E-state index contributed by atoms with van der Waals surface area (Å²) in [6, 6.07) is 13.9. The molecule has 5 heteroatoms. The van der Waals surface area contributed by atoms with E-state index < -0.39 is 0 Å². The van der Waals surface area contributed by atoms with Crippen LogP contribution in [0.1, 0.15) is 11.1 Å². The number of amides is 1. The van der Waals surface area contributed by atoms with Crippen molar-refractivity contribution in [3.8, 4) is 5.75 Å². The maximum absolute atomic E-state index is 12.6. The van der Waals surface area contributed by atoms with Gasteiger partial charge in [0.05, 0.1) is 19.8 Å². The number of likely N-dealkylation sites (N-methyl/N-ethyl adjacent to an activating group) is 1. The van der Waals surface area contributed by atoms with Gasteiger partial charge in [-0.05, 0) is 36.1 Å². The van der Waals surface area contributed by atoms with Crippen molar-refractivity contribution in [3.05, 3.63) is 59.9 Å². The second-order valence-corrected chi connectivity index (χ2v) is 6.78. The van der Waals surface area contributed by atoms with Crippen LogP contribution in [0.15, 0.2) is 58.0 Å². The van der Waals surface area contributed by atoms with Gasteiger partial charge < -0.3 is 14.1 Å². The van der Waals surface area contributed by atoms with Crippen molar-refractivity contribution in [3.63, 3.8) is 0 Å². The smallest absolute Gasteiger partial charge is 0.227 e. The third kappa shape index (κ3) is 3.99. The van der Waals surface area contributed by atoms with E-state index in [1.807, 2.05) is 25.2 Å². The fraction of sp³-hybridized carbons (Fsp3) is 0.250. The van der Waals surface area contributed by atoms with Crippen LogP contribution in [0.3, 0.4) is 0 Å². The Morgan fingerprint density at radius 1 is 1.20 bits per heavy atom. The van der Waals surface area contributed by atoms with Gasteiger partial charge in [0, 0.05) is 35.5 Å². The molecule has 4 nitrogen and oxygen atoms in total. The van der Waals surface area contributed by atoms with E-state index in [0.717, 1.165) is 27.8 Å². The van der Waals surface area contributed by atoms with Crippen molar-refractivity contribution < 1.29 is 13.9 Å². The molecule has 0 aliphatic heterocycles. The van der Waals surface area contributed by atoms with E-state index in [1.165, 1.54) is 4.90 Å². The van der Waals surface area contributed by atoms with Crippen molar-refractivity contribution in [2.75, 3.05) is 20.4 Å². The monoisotopic (exact) mass is 355 g/mol. The highest BCUT2D eigenvalue weighted by Crippen LogP contribution is 2.26. The Kier molecular flexibility index (Phi) is 5.34. The molecule has 0 saturated carbocycles. The topological polar surface area (TPSA) is 42.7 Å². The van der Waals surface area contributed by atoms with Crippen molar-refractivity contribution in [2.24, 2.45) is 0 Å². The molecule has 0 fully saturated rings. The van der Waals surface area contributed by atoms with Crippen LogP contribution in [0.2, 0.25) is 0 Å². The lowest BCUT2D eigenvalue weighted by molar-refractivity contribution is -0.129. The Labute approximate surface area is 151 Å². The number of fused-ring (bicyclic) bond motifs is 1. The molecule has 0 N–H and O–H groups in total. The molecular weight excluding hydrogens is 334 g/mol. The van der Waals surface area contributed by atoms with Crippen molar-refractivity contribution in [1.29, 1.82) is 0 Å². The fourth-order valence-electron chi connectivity index (χ4n) is 2.72. The van der Waals surface area contributed by atoms with Crippen LogP contribution in [0.5, 0.6) is 5.75 Å². The minimum atomic E-state index is 0.0625. The SMILES string of the molecule is COc1ccc2c(CC(=O)N(C)Cc3ccc(SC)cc3)coc2c1. The summed E-state index contributed by atoms with van der Waals surface area (Å²) >= 11 is 1.71. The van der Waals surface area contributed by atoms with Gasteiger partial charge in [0.2, 0.25) is 5.91 Å². The third-order valence-electron chi connectivity index (χ3n) is 4.21. The fourth-order valence-corrected chi connectivity index (χ4v) is 3.13. The average molecular weight is 355 g/mol. The zero-order chi connectivity index (χ0) is 17.8. The van der Waals surface area contributed by atoms with Crippen LogP contribution in [0, 0.1) is 0 Å². The number of rotatable bonds is 6. The number of furan rings is 1. The normalized spacial score (nSPS) is 10.8. The molecule has 3 rings (SSSR count). The van der Waals surface area contributed by atoms with Crippen LogP contribution >= 0.6 is 11.8 Å². The van der Waals surface area contributed by atoms with E-state index in [4.69, 9.17) is 9.15 Å². The molecule has 1 amide bonds. The van der Waals surface area contributed by atoms with Gasteiger partial charge in [-0.15, -0.1) is 11.8 Å². The highest BCUT2D eigenvalue weighted by molar-refractivity contribution is 7.98. The van der Waals surface area contributed by atoms with Crippen LogP contribution in [0.25, 0.3) is 11.0 Å². The molecule has 0 saturated heterocycles. The number of thioether (sulfide) groups is 1. The number of methoxy groups -OCH3 is 1. The summed E-state index contributed by atoms with van der Waals surface area (Å²) in [5.74, 6) is 0.804. The number of nitrogens with zero attached hydrogens (tertiary/aromatic N) is 1. The second-order valence-electron chi connectivity index (χ2n) is 5.90. The van der Waals surface area contributed by atoms with E-state index in [2.05, 4.69) is 30.5 Å². The van der Waals surface area contributed by atoms with Gasteiger partial charge in [0.1, 0.15) is 11.3 Å². The average Bonchev–Trinajstić information content (AvgIpc) is 3.04. The largest absolute Gasteiger partial charge is 0.497 e. The molecule has 0 atom stereocenters. The zero-order valence-electron chi connectivity index (χ0n) is 14.6. The minimum Gasteiger partial charge on any atom is -0.497 e. The Morgan fingerprint density at radius 3 is 2.64 bits per heavy atom. The molecule has 0 radical (unpaired) electrons. The lowest BCUT2D eigenvalue weighted by atomic mass is 10.1. The second kappa shape index (κ2) is 7.66. The highest BCUT2D eigenvalue weighted by Gasteiger charge is 2.14. The molecule has 1 heterocycles. The summed E-state index contributed by atoms with van der Waals surface area (Å²) in [7, 11) is 3.45. The molecule has 0 bridgehead atoms. The number of benzene rings is 2. The summed E-state index contributed by atoms with van der Waals surface area (Å²) in [5.41, 5.74) is 2.75. The van der Waals surface area contributed by atoms with Crippen LogP contribution < -0.4 is 4.74 Å². The minimum absolute atomic E-state index is 0.0625. The zero-order valence-corrected chi connectivity index (χ0v) is 15.4. The van der Waals surface area contributed by atoms with E-state index in [1.54, 1.807) is 30.0 Å². The number of carbonyl (C=O) groups is 1. The lowest BCUT2D eigenvalue weighted by Crippen LogP contribution is -2.27. The predicted octanol–water partition coefficient (Wildman–Crippen LogP) is 4.36.